The molecule has 31 heavy (non-hydrogen) atoms. The topological polar surface area (TPSA) is 92.6 Å². The zero-order valence-electron chi connectivity index (χ0n) is 15.9. The van der Waals surface area contributed by atoms with E-state index in [2.05, 4.69) is 4.98 Å². The first-order valence-electron chi connectivity index (χ1n) is 9.03. The van der Waals surface area contributed by atoms with Gasteiger partial charge in [0.15, 0.2) is 10.8 Å². The van der Waals surface area contributed by atoms with Crippen LogP contribution in [0, 0.1) is 0 Å². The van der Waals surface area contributed by atoms with Crippen LogP contribution < -0.4 is 5.73 Å². The van der Waals surface area contributed by atoms with Gasteiger partial charge < -0.3 is 15.3 Å². The average Bonchev–Trinajstić information content (AvgIpc) is 3.26. The minimum absolute atomic E-state index is 0.251. The highest BCUT2D eigenvalue weighted by Crippen LogP contribution is 2.32. The van der Waals surface area contributed by atoms with Gasteiger partial charge >= 0.3 is 12.1 Å². The van der Waals surface area contributed by atoms with Crippen LogP contribution in [0.5, 0.6) is 0 Å². The van der Waals surface area contributed by atoms with Crippen LogP contribution in [0.3, 0.4) is 0 Å². The Labute approximate surface area is 177 Å². The lowest BCUT2D eigenvalue weighted by atomic mass is 10.0. The van der Waals surface area contributed by atoms with Crippen molar-refractivity contribution in [3.05, 3.63) is 42.2 Å². The Balaban J connectivity index is 0.000000339. The number of para-hydroxylation sites is 1. The molecule has 1 atom stereocenters. The smallest absolute Gasteiger partial charge is 0.475 e. The molecule has 3 N–H and O–H groups in total. The number of hydrogen-bond donors (Lipinski definition) is 2. The fraction of sp³-hybridized carbons (Fsp3) is 0.368. The molecule has 6 nitrogen and oxygen atoms in total. The molecule has 3 heterocycles. The lowest BCUT2D eigenvalue weighted by molar-refractivity contribution is -0.192. The lowest BCUT2D eigenvalue weighted by Gasteiger charge is -2.35. The number of nitrogens with zero attached hydrogens (tertiary/aromatic N) is 2. The van der Waals surface area contributed by atoms with Crippen LogP contribution in [-0.2, 0) is 11.3 Å². The van der Waals surface area contributed by atoms with E-state index in [0.717, 1.165) is 15.2 Å². The van der Waals surface area contributed by atoms with Gasteiger partial charge in [-0.3, -0.25) is 4.90 Å². The standard InChI is InChI=1S/C17H17F2N3OS.C2HF3O2/c18-17(19)7-11(20)8-22(10-17)9-12-5-6-14(23-12)16-21-13-3-1-2-4-15(13)24-16;3-2(4,5)1(6)7/h1-6,11H,7-10,20H2;(H,6,7). The van der Waals surface area contributed by atoms with Gasteiger partial charge in [0.05, 0.1) is 23.3 Å². The van der Waals surface area contributed by atoms with Crippen LogP contribution in [0.2, 0.25) is 0 Å². The number of aromatic nitrogens is 1. The molecule has 0 saturated carbocycles. The monoisotopic (exact) mass is 463 g/mol. The van der Waals surface area contributed by atoms with Crippen molar-refractivity contribution in [2.24, 2.45) is 5.73 Å². The minimum Gasteiger partial charge on any atom is -0.475 e. The summed E-state index contributed by atoms with van der Waals surface area (Å²) in [5, 5.41) is 7.92. The van der Waals surface area contributed by atoms with Crippen molar-refractivity contribution in [2.75, 3.05) is 13.1 Å². The summed E-state index contributed by atoms with van der Waals surface area (Å²) < 4.78 is 65.9. The Kier molecular flexibility index (Phi) is 6.62. The average molecular weight is 463 g/mol. The van der Waals surface area contributed by atoms with Gasteiger partial charge in [-0.2, -0.15) is 13.2 Å². The van der Waals surface area contributed by atoms with Crippen LogP contribution in [0.1, 0.15) is 12.2 Å². The van der Waals surface area contributed by atoms with E-state index in [4.69, 9.17) is 20.1 Å². The molecule has 0 radical (unpaired) electrons. The number of likely N-dealkylation sites (tertiary alicyclic amines) is 1. The van der Waals surface area contributed by atoms with Gasteiger partial charge in [0.1, 0.15) is 5.76 Å². The maximum Gasteiger partial charge on any atom is 0.490 e. The highest BCUT2D eigenvalue weighted by Gasteiger charge is 2.39. The summed E-state index contributed by atoms with van der Waals surface area (Å²) in [6.45, 7) is 0.499. The molecule has 1 saturated heterocycles. The number of fused-ring (bicyclic) bond motifs is 1. The summed E-state index contributed by atoms with van der Waals surface area (Å²) in [5.74, 6) is -4.18. The van der Waals surface area contributed by atoms with Crippen LogP contribution >= 0.6 is 11.3 Å². The van der Waals surface area contributed by atoms with E-state index < -0.39 is 24.1 Å². The fourth-order valence-corrected chi connectivity index (χ4v) is 4.06. The number of alkyl halides is 5. The van der Waals surface area contributed by atoms with Crippen molar-refractivity contribution in [3.8, 4) is 10.8 Å². The number of rotatable bonds is 3. The molecule has 168 valence electrons. The molecule has 1 aliphatic rings. The molecule has 1 aliphatic heterocycles. The molecular formula is C19H18F5N3O3S. The third-order valence-electron chi connectivity index (χ3n) is 4.30. The first-order chi connectivity index (χ1) is 14.4. The highest BCUT2D eigenvalue weighted by atomic mass is 32.1. The molecule has 0 bridgehead atoms. The normalized spacial score (nSPS) is 19.1. The SMILES string of the molecule is NC1CN(Cc2ccc(-c3nc4ccccc4s3)o2)CC(F)(F)C1.O=C(O)C(F)(F)F. The number of nitrogens with two attached hydrogens (primary N) is 1. The number of piperidine rings is 1. The van der Waals surface area contributed by atoms with Crippen LogP contribution in [-0.4, -0.2) is 52.2 Å². The van der Waals surface area contributed by atoms with Gasteiger partial charge in [-0.05, 0) is 24.3 Å². The lowest BCUT2D eigenvalue weighted by Crippen LogP contribution is -2.51. The minimum atomic E-state index is -5.08. The second kappa shape index (κ2) is 8.89. The van der Waals surface area contributed by atoms with Gasteiger partial charge in [-0.15, -0.1) is 11.3 Å². The summed E-state index contributed by atoms with van der Waals surface area (Å²) in [6, 6.07) is 11.0. The van der Waals surface area contributed by atoms with E-state index in [9.17, 15) is 22.0 Å². The molecule has 0 amide bonds. The third-order valence-corrected chi connectivity index (χ3v) is 5.35. The quantitative estimate of drug-likeness (QED) is 0.561. The molecule has 0 aliphatic carbocycles. The zero-order chi connectivity index (χ0) is 22.8. The van der Waals surface area contributed by atoms with Crippen molar-refractivity contribution in [1.82, 2.24) is 9.88 Å². The van der Waals surface area contributed by atoms with Crippen LogP contribution in [0.25, 0.3) is 21.0 Å². The summed E-state index contributed by atoms with van der Waals surface area (Å²) in [5.41, 5.74) is 6.66. The predicted molar refractivity (Wildman–Crippen MR) is 104 cm³/mol. The summed E-state index contributed by atoms with van der Waals surface area (Å²) in [6.07, 6.45) is -5.33. The van der Waals surface area contributed by atoms with Gasteiger partial charge in [-0.1, -0.05) is 12.1 Å². The molecule has 0 spiro atoms. The second-order valence-electron chi connectivity index (χ2n) is 7.05. The van der Waals surface area contributed by atoms with E-state index in [-0.39, 0.29) is 13.0 Å². The molecule has 1 fully saturated rings. The number of halogens is 5. The Morgan fingerprint density at radius 1 is 1.29 bits per heavy atom. The molecule has 3 aromatic rings. The van der Waals surface area contributed by atoms with Gasteiger partial charge in [0.2, 0.25) is 0 Å². The number of aliphatic carboxylic acids is 1. The van der Waals surface area contributed by atoms with Gasteiger partial charge in [0, 0.05) is 19.0 Å². The number of carbonyl (C=O) groups is 1. The number of benzene rings is 1. The Morgan fingerprint density at radius 2 is 1.97 bits per heavy atom. The van der Waals surface area contributed by atoms with E-state index in [1.165, 1.54) is 0 Å². The van der Waals surface area contributed by atoms with Crippen molar-refractivity contribution in [3.63, 3.8) is 0 Å². The number of carboxylic acid groups (broad SMARTS) is 1. The molecular weight excluding hydrogens is 445 g/mol. The molecule has 4 rings (SSSR count). The largest absolute Gasteiger partial charge is 0.490 e. The summed E-state index contributed by atoms with van der Waals surface area (Å²) in [7, 11) is 0. The maximum absolute atomic E-state index is 13.6. The second-order valence-corrected chi connectivity index (χ2v) is 8.08. The van der Waals surface area contributed by atoms with Gasteiger partial charge in [-0.25, -0.2) is 18.6 Å². The van der Waals surface area contributed by atoms with E-state index in [1.807, 2.05) is 36.4 Å². The third kappa shape index (κ3) is 6.21. The van der Waals surface area contributed by atoms with Gasteiger partial charge in [0.25, 0.3) is 5.92 Å². The first-order valence-corrected chi connectivity index (χ1v) is 9.85. The van der Waals surface area contributed by atoms with E-state index in [0.29, 0.717) is 24.6 Å². The predicted octanol–water partition coefficient (Wildman–Crippen LogP) is 4.36. The molecule has 1 unspecified atom stereocenters. The molecule has 2 aromatic heterocycles. The van der Waals surface area contributed by atoms with Crippen LogP contribution in [0.15, 0.2) is 40.8 Å². The Morgan fingerprint density at radius 3 is 2.58 bits per heavy atom. The Bertz CT molecular complexity index is 1020. The summed E-state index contributed by atoms with van der Waals surface area (Å²) >= 11 is 1.55. The van der Waals surface area contributed by atoms with Crippen molar-refractivity contribution in [1.29, 1.82) is 0 Å². The van der Waals surface area contributed by atoms with Crippen molar-refractivity contribution >= 4 is 27.5 Å². The number of carboxylic acids is 1. The number of thiazole rings is 1. The summed E-state index contributed by atoms with van der Waals surface area (Å²) in [4.78, 5) is 15.1. The first kappa shape index (κ1) is 23.1. The van der Waals surface area contributed by atoms with Crippen molar-refractivity contribution < 1.29 is 36.3 Å². The zero-order valence-corrected chi connectivity index (χ0v) is 16.7. The fourth-order valence-electron chi connectivity index (χ4n) is 3.13. The molecule has 1 aromatic carbocycles. The maximum atomic E-state index is 13.6. The van der Waals surface area contributed by atoms with E-state index in [1.54, 1.807) is 16.2 Å². The highest BCUT2D eigenvalue weighted by molar-refractivity contribution is 7.21. The van der Waals surface area contributed by atoms with E-state index >= 15 is 0 Å². The Hall–Kier alpha value is -2.57. The molecule has 12 heteroatoms. The number of furan rings is 1. The van der Waals surface area contributed by atoms with Crippen LogP contribution in [0.4, 0.5) is 22.0 Å². The number of hydrogen-bond acceptors (Lipinski definition) is 6. The van der Waals surface area contributed by atoms with Crippen molar-refractivity contribution in [2.45, 2.75) is 31.1 Å².